The molecule has 0 aliphatic carbocycles. The van der Waals surface area contributed by atoms with Gasteiger partial charge in [0.2, 0.25) is 5.91 Å². The van der Waals surface area contributed by atoms with E-state index in [1.54, 1.807) is 59.5 Å². The minimum atomic E-state index is -0.609. The quantitative estimate of drug-likeness (QED) is 0.643. The minimum absolute atomic E-state index is 0.0546. The molecule has 8 nitrogen and oxygen atoms in total. The number of ether oxygens (including phenoxy) is 2. The van der Waals surface area contributed by atoms with Crippen molar-refractivity contribution in [3.63, 3.8) is 0 Å². The van der Waals surface area contributed by atoms with Gasteiger partial charge in [-0.2, -0.15) is 5.26 Å². The molecular formula is C24H20N4O4. The number of anilines is 1. The lowest BCUT2D eigenvalue weighted by molar-refractivity contribution is -0.117. The van der Waals surface area contributed by atoms with E-state index in [2.05, 4.69) is 11.1 Å². The highest BCUT2D eigenvalue weighted by molar-refractivity contribution is 5.97. The van der Waals surface area contributed by atoms with Gasteiger partial charge in [-0.1, -0.05) is 12.1 Å². The lowest BCUT2D eigenvalue weighted by atomic mass is 9.98. The van der Waals surface area contributed by atoms with Crippen molar-refractivity contribution in [2.24, 2.45) is 5.73 Å². The van der Waals surface area contributed by atoms with Crippen LogP contribution in [0.1, 0.15) is 34.0 Å². The Hall–Kier alpha value is -4.38. The largest absolute Gasteiger partial charge is 0.493 e. The molecule has 0 spiro atoms. The van der Waals surface area contributed by atoms with Crippen LogP contribution in [0.2, 0.25) is 0 Å². The van der Waals surface area contributed by atoms with Crippen LogP contribution in [0, 0.1) is 11.3 Å². The van der Waals surface area contributed by atoms with Crippen molar-refractivity contribution in [2.75, 3.05) is 18.6 Å². The Morgan fingerprint density at radius 1 is 1.16 bits per heavy atom. The third-order valence-electron chi connectivity index (χ3n) is 5.32. The number of rotatable bonds is 6. The SMILES string of the molecule is COc1ccc(N2CC(c3ccnc(C(N)=O)c3)CC2=O)cc1Oc1ccccc1C#N. The Balaban J connectivity index is 1.62. The van der Waals surface area contributed by atoms with Gasteiger partial charge in [0, 0.05) is 36.8 Å². The highest BCUT2D eigenvalue weighted by Gasteiger charge is 2.32. The van der Waals surface area contributed by atoms with E-state index in [4.69, 9.17) is 15.2 Å². The van der Waals surface area contributed by atoms with Gasteiger partial charge in [-0.25, -0.2) is 0 Å². The third kappa shape index (κ3) is 4.09. The summed E-state index contributed by atoms with van der Waals surface area (Å²) >= 11 is 0. The van der Waals surface area contributed by atoms with Crippen LogP contribution >= 0.6 is 0 Å². The number of amides is 2. The monoisotopic (exact) mass is 428 g/mol. The van der Waals surface area contributed by atoms with Gasteiger partial charge in [0.15, 0.2) is 11.5 Å². The number of nitrogens with zero attached hydrogens (tertiary/aromatic N) is 3. The predicted octanol–water partition coefficient (Wildman–Crippen LogP) is 3.37. The van der Waals surface area contributed by atoms with Gasteiger partial charge in [-0.3, -0.25) is 14.6 Å². The van der Waals surface area contributed by atoms with Crippen LogP contribution < -0.4 is 20.1 Å². The van der Waals surface area contributed by atoms with Gasteiger partial charge in [0.1, 0.15) is 17.5 Å². The summed E-state index contributed by atoms with van der Waals surface area (Å²) in [7, 11) is 1.52. The maximum atomic E-state index is 12.8. The van der Waals surface area contributed by atoms with Crippen molar-refractivity contribution in [1.29, 1.82) is 5.26 Å². The van der Waals surface area contributed by atoms with E-state index < -0.39 is 5.91 Å². The number of carbonyl (C=O) groups excluding carboxylic acids is 2. The Morgan fingerprint density at radius 2 is 1.97 bits per heavy atom. The molecule has 160 valence electrons. The first-order valence-electron chi connectivity index (χ1n) is 9.91. The molecule has 8 heteroatoms. The van der Waals surface area contributed by atoms with Crippen LogP contribution in [0.4, 0.5) is 5.69 Å². The molecule has 0 saturated carbocycles. The highest BCUT2D eigenvalue weighted by Crippen LogP contribution is 2.39. The molecule has 1 saturated heterocycles. The van der Waals surface area contributed by atoms with Gasteiger partial charge in [0.05, 0.1) is 12.7 Å². The zero-order valence-corrected chi connectivity index (χ0v) is 17.3. The normalized spacial score (nSPS) is 15.3. The van der Waals surface area contributed by atoms with E-state index in [0.29, 0.717) is 41.5 Å². The van der Waals surface area contributed by atoms with Gasteiger partial charge >= 0.3 is 0 Å². The number of hydrogen-bond acceptors (Lipinski definition) is 6. The molecule has 2 aromatic carbocycles. The van der Waals surface area contributed by atoms with Gasteiger partial charge in [0.25, 0.3) is 5.91 Å². The predicted molar refractivity (Wildman–Crippen MR) is 117 cm³/mol. The first-order valence-corrected chi connectivity index (χ1v) is 9.91. The minimum Gasteiger partial charge on any atom is -0.493 e. The molecule has 2 amide bonds. The number of nitrogens with two attached hydrogens (primary N) is 1. The lowest BCUT2D eigenvalue weighted by Gasteiger charge is -2.19. The number of primary amides is 1. The number of para-hydroxylation sites is 1. The molecule has 0 radical (unpaired) electrons. The molecule has 3 aromatic rings. The number of hydrogen-bond donors (Lipinski definition) is 1. The molecule has 1 aliphatic rings. The Bertz CT molecular complexity index is 1230. The Kier molecular flexibility index (Phi) is 5.73. The number of nitriles is 1. The summed E-state index contributed by atoms with van der Waals surface area (Å²) in [4.78, 5) is 29.9. The second-order valence-electron chi connectivity index (χ2n) is 7.29. The third-order valence-corrected chi connectivity index (χ3v) is 5.32. The molecule has 4 rings (SSSR count). The average molecular weight is 428 g/mol. The molecule has 1 atom stereocenters. The van der Waals surface area contributed by atoms with Crippen LogP contribution in [-0.2, 0) is 4.79 Å². The van der Waals surface area contributed by atoms with Gasteiger partial charge in [-0.05, 0) is 42.0 Å². The summed E-state index contributed by atoms with van der Waals surface area (Å²) in [5.41, 5.74) is 7.37. The topological polar surface area (TPSA) is 119 Å². The first-order chi connectivity index (χ1) is 15.5. The van der Waals surface area contributed by atoms with E-state index in [1.165, 1.54) is 13.3 Å². The second-order valence-corrected chi connectivity index (χ2v) is 7.29. The average Bonchev–Trinajstić information content (AvgIpc) is 3.21. The molecule has 0 bridgehead atoms. The van der Waals surface area contributed by atoms with E-state index in [-0.39, 0.29) is 17.5 Å². The number of carbonyl (C=O) groups is 2. The van der Waals surface area contributed by atoms with Crippen LogP contribution in [0.25, 0.3) is 0 Å². The van der Waals surface area contributed by atoms with Crippen LogP contribution in [-0.4, -0.2) is 30.5 Å². The fraction of sp³-hybridized carbons (Fsp3) is 0.167. The van der Waals surface area contributed by atoms with E-state index in [1.807, 2.05) is 0 Å². The Morgan fingerprint density at radius 3 is 2.72 bits per heavy atom. The van der Waals surface area contributed by atoms with Crippen LogP contribution in [0.5, 0.6) is 17.2 Å². The fourth-order valence-corrected chi connectivity index (χ4v) is 3.70. The van der Waals surface area contributed by atoms with Crippen molar-refractivity contribution in [3.8, 4) is 23.3 Å². The van der Waals surface area contributed by atoms with Crippen molar-refractivity contribution < 1.29 is 19.1 Å². The van der Waals surface area contributed by atoms with Crippen molar-refractivity contribution in [1.82, 2.24) is 4.98 Å². The lowest BCUT2D eigenvalue weighted by Crippen LogP contribution is -2.24. The number of benzene rings is 2. The molecule has 32 heavy (non-hydrogen) atoms. The standard InChI is InChI=1S/C24H20N4O4/c1-31-21-7-6-18(12-22(21)32-20-5-3-2-4-16(20)13-25)28-14-17(11-23(28)29)15-8-9-27-19(10-15)24(26)30/h2-10,12,17H,11,14H2,1H3,(H2,26,30). The van der Waals surface area contributed by atoms with Crippen molar-refractivity contribution >= 4 is 17.5 Å². The maximum Gasteiger partial charge on any atom is 0.267 e. The summed E-state index contributed by atoms with van der Waals surface area (Å²) < 4.78 is 11.4. The van der Waals surface area contributed by atoms with Crippen LogP contribution in [0.15, 0.2) is 60.8 Å². The summed E-state index contributed by atoms with van der Waals surface area (Å²) in [6.45, 7) is 0.432. The zero-order valence-electron chi connectivity index (χ0n) is 17.3. The molecule has 1 fully saturated rings. The summed E-state index contributed by atoms with van der Waals surface area (Å²) in [5, 5.41) is 9.33. The van der Waals surface area contributed by atoms with Crippen molar-refractivity contribution in [2.45, 2.75) is 12.3 Å². The van der Waals surface area contributed by atoms with Crippen molar-refractivity contribution in [3.05, 3.63) is 77.6 Å². The molecule has 1 unspecified atom stereocenters. The molecule has 1 aromatic heterocycles. The second kappa shape index (κ2) is 8.78. The van der Waals surface area contributed by atoms with E-state index in [0.717, 1.165) is 5.56 Å². The van der Waals surface area contributed by atoms with Gasteiger partial charge < -0.3 is 20.1 Å². The highest BCUT2D eigenvalue weighted by atomic mass is 16.5. The smallest absolute Gasteiger partial charge is 0.267 e. The van der Waals surface area contributed by atoms with E-state index >= 15 is 0 Å². The number of aromatic nitrogens is 1. The Labute approximate surface area is 184 Å². The summed E-state index contributed by atoms with van der Waals surface area (Å²) in [5.74, 6) is 0.499. The van der Waals surface area contributed by atoms with Gasteiger partial charge in [-0.15, -0.1) is 0 Å². The summed E-state index contributed by atoms with van der Waals surface area (Å²) in [6, 6.07) is 17.6. The number of methoxy groups -OCH3 is 1. The fourth-order valence-electron chi connectivity index (χ4n) is 3.70. The van der Waals surface area contributed by atoms with Crippen LogP contribution in [0.3, 0.4) is 0 Å². The zero-order chi connectivity index (χ0) is 22.7. The molecule has 1 aliphatic heterocycles. The van der Waals surface area contributed by atoms with E-state index in [9.17, 15) is 14.9 Å². The summed E-state index contributed by atoms with van der Waals surface area (Å²) in [6.07, 6.45) is 1.82. The molecule has 2 N–H and O–H groups in total. The number of pyridine rings is 1. The molecule has 2 heterocycles. The maximum absolute atomic E-state index is 12.8. The molecular weight excluding hydrogens is 408 g/mol. The first kappa shape index (κ1) is 20.9.